The summed E-state index contributed by atoms with van der Waals surface area (Å²) in [5, 5.41) is 1.84. The lowest BCUT2D eigenvalue weighted by molar-refractivity contribution is 0.0925. The van der Waals surface area contributed by atoms with Crippen LogP contribution in [0, 0.1) is 0 Å². The van der Waals surface area contributed by atoms with E-state index in [1.165, 1.54) is 18.3 Å². The SMILES string of the molecule is CC(=O)c1cccc(OCC(=O)c2sccc2Br)c1. The summed E-state index contributed by atoms with van der Waals surface area (Å²) in [5.74, 6) is 0.404. The van der Waals surface area contributed by atoms with E-state index >= 15 is 0 Å². The lowest BCUT2D eigenvalue weighted by atomic mass is 10.1. The van der Waals surface area contributed by atoms with Crippen molar-refractivity contribution in [2.24, 2.45) is 0 Å². The number of hydrogen-bond acceptors (Lipinski definition) is 4. The van der Waals surface area contributed by atoms with Gasteiger partial charge in [0.15, 0.2) is 12.4 Å². The van der Waals surface area contributed by atoms with E-state index < -0.39 is 0 Å². The van der Waals surface area contributed by atoms with Gasteiger partial charge < -0.3 is 4.74 Å². The van der Waals surface area contributed by atoms with Crippen LogP contribution < -0.4 is 4.74 Å². The summed E-state index contributed by atoms with van der Waals surface area (Å²) in [7, 11) is 0. The van der Waals surface area contributed by atoms with Gasteiger partial charge in [0, 0.05) is 10.0 Å². The summed E-state index contributed by atoms with van der Waals surface area (Å²) in [4.78, 5) is 23.8. The molecular weight excluding hydrogens is 328 g/mol. The normalized spacial score (nSPS) is 10.2. The van der Waals surface area contributed by atoms with E-state index in [1.807, 2.05) is 11.4 Å². The highest BCUT2D eigenvalue weighted by atomic mass is 79.9. The zero-order chi connectivity index (χ0) is 13.8. The Balaban J connectivity index is 2.03. The van der Waals surface area contributed by atoms with Crippen molar-refractivity contribution in [3.63, 3.8) is 0 Å². The van der Waals surface area contributed by atoms with Gasteiger partial charge in [-0.1, -0.05) is 12.1 Å². The number of ether oxygens (including phenoxy) is 1. The van der Waals surface area contributed by atoms with Gasteiger partial charge >= 0.3 is 0 Å². The first kappa shape index (κ1) is 14.0. The van der Waals surface area contributed by atoms with Crippen molar-refractivity contribution in [1.29, 1.82) is 0 Å². The molecule has 5 heteroatoms. The van der Waals surface area contributed by atoms with Crippen LogP contribution in [-0.4, -0.2) is 18.2 Å². The molecule has 0 bridgehead atoms. The smallest absolute Gasteiger partial charge is 0.211 e. The number of Topliss-reactive ketones (excluding diaryl/α,β-unsaturated/α-hetero) is 2. The van der Waals surface area contributed by atoms with Crippen LogP contribution in [0.4, 0.5) is 0 Å². The minimum Gasteiger partial charge on any atom is -0.485 e. The van der Waals surface area contributed by atoms with E-state index in [0.29, 0.717) is 16.2 Å². The fraction of sp³-hybridized carbons (Fsp3) is 0.143. The summed E-state index contributed by atoms with van der Waals surface area (Å²) in [6.07, 6.45) is 0. The molecule has 0 aliphatic heterocycles. The predicted molar refractivity (Wildman–Crippen MR) is 78.3 cm³/mol. The molecule has 0 aliphatic rings. The Labute approximate surface area is 123 Å². The van der Waals surface area contributed by atoms with Crippen molar-refractivity contribution >= 4 is 38.8 Å². The Morgan fingerprint density at radius 2 is 2.11 bits per heavy atom. The molecule has 0 fully saturated rings. The van der Waals surface area contributed by atoms with Crippen molar-refractivity contribution in [2.75, 3.05) is 6.61 Å². The van der Waals surface area contributed by atoms with Crippen molar-refractivity contribution < 1.29 is 14.3 Å². The fourth-order valence-electron chi connectivity index (χ4n) is 1.51. The average Bonchev–Trinajstić information content (AvgIpc) is 2.82. The molecule has 0 spiro atoms. The van der Waals surface area contributed by atoms with Crippen LogP contribution in [0.1, 0.15) is 27.0 Å². The summed E-state index contributed by atoms with van der Waals surface area (Å²) in [6, 6.07) is 8.64. The highest BCUT2D eigenvalue weighted by molar-refractivity contribution is 9.10. The molecule has 0 radical (unpaired) electrons. The van der Waals surface area contributed by atoms with Crippen molar-refractivity contribution in [2.45, 2.75) is 6.92 Å². The van der Waals surface area contributed by atoms with Gasteiger partial charge in [-0.2, -0.15) is 0 Å². The number of carbonyl (C=O) groups is 2. The average molecular weight is 339 g/mol. The van der Waals surface area contributed by atoms with Crippen molar-refractivity contribution in [3.8, 4) is 5.75 Å². The van der Waals surface area contributed by atoms with Crippen LogP contribution in [0.25, 0.3) is 0 Å². The van der Waals surface area contributed by atoms with E-state index in [-0.39, 0.29) is 18.2 Å². The van der Waals surface area contributed by atoms with Crippen LogP contribution in [0.15, 0.2) is 40.2 Å². The number of ketones is 2. The second-order valence-corrected chi connectivity index (χ2v) is 5.66. The summed E-state index contributed by atoms with van der Waals surface area (Å²) in [5.41, 5.74) is 0.572. The van der Waals surface area contributed by atoms with Crippen LogP contribution >= 0.6 is 27.3 Å². The Hall–Kier alpha value is -1.46. The van der Waals surface area contributed by atoms with Gasteiger partial charge in [-0.15, -0.1) is 11.3 Å². The van der Waals surface area contributed by atoms with Gasteiger partial charge in [0.25, 0.3) is 0 Å². The van der Waals surface area contributed by atoms with Gasteiger partial charge in [0.1, 0.15) is 5.75 Å². The molecule has 1 heterocycles. The largest absolute Gasteiger partial charge is 0.485 e. The molecule has 0 unspecified atom stereocenters. The summed E-state index contributed by atoms with van der Waals surface area (Å²) >= 11 is 4.68. The van der Waals surface area contributed by atoms with Gasteiger partial charge in [-0.3, -0.25) is 9.59 Å². The Morgan fingerprint density at radius 1 is 1.32 bits per heavy atom. The number of thiophene rings is 1. The molecule has 0 saturated carbocycles. The molecule has 2 aromatic rings. The fourth-order valence-corrected chi connectivity index (χ4v) is 3.03. The third kappa shape index (κ3) is 3.52. The zero-order valence-electron chi connectivity index (χ0n) is 10.2. The minimum absolute atomic E-state index is 0.0298. The quantitative estimate of drug-likeness (QED) is 0.774. The van der Waals surface area contributed by atoms with E-state index in [9.17, 15) is 9.59 Å². The van der Waals surface area contributed by atoms with E-state index in [4.69, 9.17) is 4.74 Å². The number of carbonyl (C=O) groups excluding carboxylic acids is 2. The summed E-state index contributed by atoms with van der Waals surface area (Å²) < 4.78 is 6.20. The van der Waals surface area contributed by atoms with Gasteiger partial charge in [0.2, 0.25) is 5.78 Å². The van der Waals surface area contributed by atoms with Crippen LogP contribution in [-0.2, 0) is 0 Å². The van der Waals surface area contributed by atoms with Crippen LogP contribution in [0.3, 0.4) is 0 Å². The first-order valence-corrected chi connectivity index (χ1v) is 7.25. The molecule has 19 heavy (non-hydrogen) atoms. The number of rotatable bonds is 5. The maximum Gasteiger partial charge on any atom is 0.211 e. The van der Waals surface area contributed by atoms with E-state index in [2.05, 4.69) is 15.9 Å². The topological polar surface area (TPSA) is 43.4 Å². The third-order valence-corrected chi connectivity index (χ3v) is 4.36. The molecule has 0 amide bonds. The van der Waals surface area contributed by atoms with Gasteiger partial charge in [-0.25, -0.2) is 0 Å². The second kappa shape index (κ2) is 6.12. The lowest BCUT2D eigenvalue weighted by Crippen LogP contribution is -2.10. The molecule has 0 atom stereocenters. The zero-order valence-corrected chi connectivity index (χ0v) is 12.6. The standard InChI is InChI=1S/C14H11BrO3S/c1-9(16)10-3-2-4-11(7-10)18-8-13(17)14-12(15)5-6-19-14/h2-7H,8H2,1H3. The first-order valence-electron chi connectivity index (χ1n) is 5.58. The summed E-state index contributed by atoms with van der Waals surface area (Å²) in [6.45, 7) is 1.45. The number of benzene rings is 1. The molecule has 2 rings (SSSR count). The Morgan fingerprint density at radius 3 is 2.74 bits per heavy atom. The molecule has 1 aromatic carbocycles. The third-order valence-electron chi connectivity index (χ3n) is 2.48. The minimum atomic E-state index is -0.0879. The first-order chi connectivity index (χ1) is 9.08. The highest BCUT2D eigenvalue weighted by Gasteiger charge is 2.12. The monoisotopic (exact) mass is 338 g/mol. The van der Waals surface area contributed by atoms with Crippen LogP contribution in [0.2, 0.25) is 0 Å². The second-order valence-electron chi connectivity index (χ2n) is 3.89. The maximum atomic E-state index is 11.9. The van der Waals surface area contributed by atoms with E-state index in [0.717, 1.165) is 4.47 Å². The Kier molecular flexibility index (Phi) is 4.50. The van der Waals surface area contributed by atoms with Crippen molar-refractivity contribution in [1.82, 2.24) is 0 Å². The highest BCUT2D eigenvalue weighted by Crippen LogP contribution is 2.23. The Bertz CT molecular complexity index is 619. The van der Waals surface area contributed by atoms with E-state index in [1.54, 1.807) is 24.3 Å². The lowest BCUT2D eigenvalue weighted by Gasteiger charge is -2.06. The molecule has 98 valence electrons. The molecule has 3 nitrogen and oxygen atoms in total. The van der Waals surface area contributed by atoms with Crippen LogP contribution in [0.5, 0.6) is 5.75 Å². The predicted octanol–water partition coefficient (Wildman–Crippen LogP) is 3.97. The van der Waals surface area contributed by atoms with Gasteiger partial charge in [-0.05, 0) is 46.4 Å². The van der Waals surface area contributed by atoms with Gasteiger partial charge in [0.05, 0.1) is 4.88 Å². The molecule has 1 aromatic heterocycles. The molecular formula is C14H11BrO3S. The van der Waals surface area contributed by atoms with Crippen molar-refractivity contribution in [3.05, 3.63) is 50.6 Å². The molecule has 0 N–H and O–H groups in total. The number of hydrogen-bond donors (Lipinski definition) is 0. The maximum absolute atomic E-state index is 11.9. The molecule has 0 saturated heterocycles. The molecule has 0 aliphatic carbocycles. The number of halogens is 1.